The van der Waals surface area contributed by atoms with E-state index in [-0.39, 0.29) is 0 Å². The number of halogens is 2. The highest BCUT2D eigenvalue weighted by Gasteiger charge is 2.27. The van der Waals surface area contributed by atoms with Gasteiger partial charge in [0.05, 0.1) is 10.7 Å². The van der Waals surface area contributed by atoms with Crippen LogP contribution in [-0.2, 0) is 0 Å². The predicted octanol–water partition coefficient (Wildman–Crippen LogP) is 3.11. The van der Waals surface area contributed by atoms with Crippen molar-refractivity contribution in [2.24, 2.45) is 0 Å². The van der Waals surface area contributed by atoms with Crippen LogP contribution in [0.4, 0.5) is 0 Å². The zero-order valence-electron chi connectivity index (χ0n) is 9.33. The Morgan fingerprint density at radius 1 is 1.62 bits per heavy atom. The number of nitrogens with zero attached hydrogens (tertiary/aromatic N) is 2. The molecule has 88 valence electrons. The summed E-state index contributed by atoms with van der Waals surface area (Å²) in [5.41, 5.74) is 1.15. The van der Waals surface area contributed by atoms with Gasteiger partial charge in [-0.15, -0.1) is 0 Å². The molecule has 0 saturated carbocycles. The molecule has 1 aliphatic rings. The van der Waals surface area contributed by atoms with E-state index in [1.165, 1.54) is 6.42 Å². The number of hydrogen-bond donors (Lipinski definition) is 0. The molecule has 1 aromatic heterocycles. The third-order valence-corrected chi connectivity index (χ3v) is 4.65. The van der Waals surface area contributed by atoms with E-state index in [1.54, 1.807) is 7.11 Å². The van der Waals surface area contributed by atoms with Crippen molar-refractivity contribution in [2.45, 2.75) is 18.9 Å². The van der Waals surface area contributed by atoms with E-state index in [2.05, 4.69) is 39.5 Å². The van der Waals surface area contributed by atoms with Gasteiger partial charge in [-0.2, -0.15) is 0 Å². The smallest absolute Gasteiger partial charge is 0.146 e. The Hall–Kier alpha value is -0.0700. The second kappa shape index (κ2) is 5.06. The van der Waals surface area contributed by atoms with Crippen molar-refractivity contribution in [2.75, 3.05) is 20.7 Å². The average Bonchev–Trinajstić information content (AvgIpc) is 2.68. The summed E-state index contributed by atoms with van der Waals surface area (Å²) in [5.74, 6) is 0.874. The maximum Gasteiger partial charge on any atom is 0.146 e. The van der Waals surface area contributed by atoms with Crippen molar-refractivity contribution in [3.05, 3.63) is 20.5 Å². The van der Waals surface area contributed by atoms with E-state index in [0.717, 1.165) is 27.8 Å². The summed E-state index contributed by atoms with van der Waals surface area (Å²) in [6.45, 7) is 1.13. The van der Waals surface area contributed by atoms with Crippen LogP contribution < -0.4 is 4.74 Å². The molecule has 0 spiro atoms. The molecule has 2 heterocycles. The number of ether oxygens (including phenoxy) is 1. The molecule has 0 N–H and O–H groups in total. The van der Waals surface area contributed by atoms with Crippen LogP contribution in [0.3, 0.4) is 0 Å². The lowest BCUT2D eigenvalue weighted by atomic mass is 10.1. The summed E-state index contributed by atoms with van der Waals surface area (Å²) in [5, 5.41) is 0.516. The maximum absolute atomic E-state index is 6.00. The first-order valence-corrected chi connectivity index (χ1v) is 6.69. The van der Waals surface area contributed by atoms with E-state index < -0.39 is 0 Å². The van der Waals surface area contributed by atoms with E-state index in [1.807, 2.05) is 6.20 Å². The highest BCUT2D eigenvalue weighted by molar-refractivity contribution is 14.1. The van der Waals surface area contributed by atoms with Gasteiger partial charge in [-0.25, -0.2) is 4.98 Å². The van der Waals surface area contributed by atoms with Crippen LogP contribution >= 0.6 is 34.2 Å². The van der Waals surface area contributed by atoms with Crippen molar-refractivity contribution in [3.63, 3.8) is 0 Å². The zero-order valence-corrected chi connectivity index (χ0v) is 12.2. The van der Waals surface area contributed by atoms with Gasteiger partial charge in [-0.05, 0) is 49.0 Å². The average molecular weight is 353 g/mol. The van der Waals surface area contributed by atoms with Crippen LogP contribution in [0.2, 0.25) is 5.15 Å². The molecule has 2 rings (SSSR count). The summed E-state index contributed by atoms with van der Waals surface area (Å²) >= 11 is 8.18. The molecule has 1 saturated heterocycles. The van der Waals surface area contributed by atoms with Gasteiger partial charge in [0.2, 0.25) is 0 Å². The molecule has 1 aromatic rings. The highest BCUT2D eigenvalue weighted by Crippen LogP contribution is 2.39. The molecule has 0 bridgehead atoms. The molecular weight excluding hydrogens is 338 g/mol. The summed E-state index contributed by atoms with van der Waals surface area (Å²) < 4.78 is 6.36. The SMILES string of the molecule is COc1c([C@@H]2CCCN2C)cnc(Cl)c1I. The van der Waals surface area contributed by atoms with Crippen LogP contribution in [0, 0.1) is 3.57 Å². The van der Waals surface area contributed by atoms with E-state index in [9.17, 15) is 0 Å². The number of hydrogen-bond acceptors (Lipinski definition) is 3. The molecule has 3 nitrogen and oxygen atoms in total. The van der Waals surface area contributed by atoms with Crippen LogP contribution in [0.1, 0.15) is 24.4 Å². The second-order valence-electron chi connectivity index (χ2n) is 3.99. The molecule has 16 heavy (non-hydrogen) atoms. The molecule has 1 atom stereocenters. The molecule has 0 amide bonds. The Morgan fingerprint density at radius 2 is 2.38 bits per heavy atom. The first-order chi connectivity index (χ1) is 7.65. The number of rotatable bonds is 2. The Labute approximate surface area is 114 Å². The van der Waals surface area contributed by atoms with Crippen LogP contribution in [0.5, 0.6) is 5.75 Å². The normalized spacial score (nSPS) is 21.4. The zero-order chi connectivity index (χ0) is 11.7. The Kier molecular flexibility index (Phi) is 3.92. The van der Waals surface area contributed by atoms with E-state index >= 15 is 0 Å². The van der Waals surface area contributed by atoms with Crippen LogP contribution in [0.15, 0.2) is 6.20 Å². The van der Waals surface area contributed by atoms with Gasteiger partial charge in [0.1, 0.15) is 10.9 Å². The fourth-order valence-electron chi connectivity index (χ4n) is 2.21. The van der Waals surface area contributed by atoms with Crippen molar-refractivity contribution >= 4 is 34.2 Å². The van der Waals surface area contributed by atoms with Crippen molar-refractivity contribution in [1.82, 2.24) is 9.88 Å². The number of methoxy groups -OCH3 is 1. The fourth-order valence-corrected chi connectivity index (χ4v) is 3.02. The molecule has 0 radical (unpaired) electrons. The van der Waals surface area contributed by atoms with E-state index in [0.29, 0.717) is 11.2 Å². The number of aromatic nitrogens is 1. The van der Waals surface area contributed by atoms with Crippen molar-refractivity contribution in [1.29, 1.82) is 0 Å². The topological polar surface area (TPSA) is 25.4 Å². The third kappa shape index (κ3) is 2.15. The van der Waals surface area contributed by atoms with Gasteiger partial charge in [0.25, 0.3) is 0 Å². The molecule has 5 heteroatoms. The largest absolute Gasteiger partial charge is 0.495 e. The fraction of sp³-hybridized carbons (Fsp3) is 0.545. The van der Waals surface area contributed by atoms with Gasteiger partial charge < -0.3 is 4.74 Å². The van der Waals surface area contributed by atoms with Crippen LogP contribution in [-0.4, -0.2) is 30.6 Å². The van der Waals surface area contributed by atoms with Gasteiger partial charge >= 0.3 is 0 Å². The Morgan fingerprint density at radius 3 is 2.94 bits per heavy atom. The summed E-state index contributed by atoms with van der Waals surface area (Å²) in [6, 6.07) is 0.410. The lowest BCUT2D eigenvalue weighted by Crippen LogP contribution is -2.18. The molecular formula is C11H14ClIN2O. The minimum Gasteiger partial charge on any atom is -0.495 e. The summed E-state index contributed by atoms with van der Waals surface area (Å²) in [4.78, 5) is 6.55. The molecule has 1 fully saturated rings. The minimum atomic E-state index is 0.410. The number of likely N-dealkylation sites (tertiary alicyclic amines) is 1. The summed E-state index contributed by atoms with van der Waals surface area (Å²) in [6.07, 6.45) is 4.23. The van der Waals surface area contributed by atoms with E-state index in [4.69, 9.17) is 16.3 Å². The minimum absolute atomic E-state index is 0.410. The van der Waals surface area contributed by atoms with Crippen molar-refractivity contribution < 1.29 is 4.74 Å². The van der Waals surface area contributed by atoms with Gasteiger partial charge in [0, 0.05) is 17.8 Å². The molecule has 0 aliphatic carbocycles. The quantitative estimate of drug-likeness (QED) is 0.604. The predicted molar refractivity (Wildman–Crippen MR) is 73.1 cm³/mol. The molecule has 0 aromatic carbocycles. The Bertz CT molecular complexity index is 400. The lowest BCUT2D eigenvalue weighted by Gasteiger charge is -2.22. The van der Waals surface area contributed by atoms with Crippen molar-refractivity contribution in [3.8, 4) is 5.75 Å². The summed E-state index contributed by atoms with van der Waals surface area (Å²) in [7, 11) is 3.82. The third-order valence-electron chi connectivity index (χ3n) is 3.04. The number of pyridine rings is 1. The van der Waals surface area contributed by atoms with Gasteiger partial charge in [0.15, 0.2) is 0 Å². The van der Waals surface area contributed by atoms with Crippen LogP contribution in [0.25, 0.3) is 0 Å². The second-order valence-corrected chi connectivity index (χ2v) is 5.43. The van der Waals surface area contributed by atoms with Gasteiger partial charge in [-0.3, -0.25) is 4.90 Å². The first kappa shape index (κ1) is 12.4. The van der Waals surface area contributed by atoms with Gasteiger partial charge in [-0.1, -0.05) is 11.6 Å². The molecule has 0 unspecified atom stereocenters. The standard InChI is InChI=1S/C11H14ClIN2O/c1-15-5-3-4-8(15)7-6-14-11(12)9(13)10(7)16-2/h6,8H,3-5H2,1-2H3/t8-/m0/s1. The monoisotopic (exact) mass is 352 g/mol. The highest BCUT2D eigenvalue weighted by atomic mass is 127. The molecule has 1 aliphatic heterocycles. The maximum atomic E-state index is 6.00. The first-order valence-electron chi connectivity index (χ1n) is 5.23. The lowest BCUT2D eigenvalue weighted by molar-refractivity contribution is 0.304. The Balaban J connectivity index is 2.44.